The summed E-state index contributed by atoms with van der Waals surface area (Å²) >= 11 is 9.26. The number of hydroxylamine groups is 2. The number of carbonyl (C=O) groups is 1. The Bertz CT molecular complexity index is 394. The molecule has 0 aromatic heterocycles. The normalized spacial score (nSPS) is 21.7. The van der Waals surface area contributed by atoms with Crippen LogP contribution in [0.25, 0.3) is 0 Å². The summed E-state index contributed by atoms with van der Waals surface area (Å²) in [6, 6.07) is 0. The van der Waals surface area contributed by atoms with Crippen LogP contribution in [-0.2, 0) is 4.84 Å². The van der Waals surface area contributed by atoms with Gasteiger partial charge in [-0.2, -0.15) is 0 Å². The molecule has 0 saturated carbocycles. The Hall–Kier alpha value is -0.790. The van der Waals surface area contributed by atoms with E-state index in [-0.39, 0.29) is 6.10 Å². The van der Waals surface area contributed by atoms with Gasteiger partial charge >= 0.3 is 6.09 Å². The standard InChI is InChI=1S/C10H13BrClN3O3/c11-8-6-15(9(12)5-13-8)18-7-1-3-14(4-2-7)10(16)17/h5,7H,1-4,6H2,(H,16,17). The van der Waals surface area contributed by atoms with Crippen LogP contribution in [0.1, 0.15) is 12.8 Å². The molecule has 2 heterocycles. The summed E-state index contributed by atoms with van der Waals surface area (Å²) in [4.78, 5) is 21.9. The maximum absolute atomic E-state index is 10.8. The van der Waals surface area contributed by atoms with Crippen LogP contribution in [0.4, 0.5) is 4.79 Å². The second-order valence-corrected chi connectivity index (χ2v) is 5.37. The Morgan fingerprint density at radius 3 is 2.83 bits per heavy atom. The highest BCUT2D eigenvalue weighted by atomic mass is 79.9. The molecule has 2 aliphatic rings. The van der Waals surface area contributed by atoms with Gasteiger partial charge in [0, 0.05) is 13.1 Å². The molecule has 6 nitrogen and oxygen atoms in total. The van der Waals surface area contributed by atoms with Gasteiger partial charge in [0.25, 0.3) is 0 Å². The molecule has 1 fully saturated rings. The van der Waals surface area contributed by atoms with E-state index in [4.69, 9.17) is 21.5 Å². The van der Waals surface area contributed by atoms with Gasteiger partial charge in [0.15, 0.2) is 0 Å². The minimum Gasteiger partial charge on any atom is -0.465 e. The minimum atomic E-state index is -0.876. The highest BCUT2D eigenvalue weighted by molar-refractivity contribution is 9.18. The average molecular weight is 339 g/mol. The van der Waals surface area contributed by atoms with Crippen LogP contribution in [-0.4, -0.2) is 51.5 Å². The van der Waals surface area contributed by atoms with Gasteiger partial charge in [-0.15, -0.1) is 0 Å². The minimum absolute atomic E-state index is 0.0128. The molecule has 0 radical (unpaired) electrons. The second-order valence-electron chi connectivity index (χ2n) is 4.07. The van der Waals surface area contributed by atoms with Crippen molar-refractivity contribution >= 4 is 38.2 Å². The van der Waals surface area contributed by atoms with Crippen LogP contribution < -0.4 is 0 Å². The summed E-state index contributed by atoms with van der Waals surface area (Å²) in [6.07, 6.45) is 1.96. The van der Waals surface area contributed by atoms with E-state index >= 15 is 0 Å². The molecule has 0 aromatic rings. The van der Waals surface area contributed by atoms with Crippen molar-refractivity contribution in [3.05, 3.63) is 11.4 Å². The van der Waals surface area contributed by atoms with E-state index in [1.54, 1.807) is 5.06 Å². The van der Waals surface area contributed by atoms with Crippen LogP contribution in [0.15, 0.2) is 16.3 Å². The summed E-state index contributed by atoms with van der Waals surface area (Å²) in [6.45, 7) is 1.45. The Morgan fingerprint density at radius 2 is 2.22 bits per heavy atom. The number of amides is 1. The third-order valence-electron chi connectivity index (χ3n) is 2.81. The van der Waals surface area contributed by atoms with E-state index in [2.05, 4.69) is 20.9 Å². The van der Waals surface area contributed by atoms with Gasteiger partial charge in [0.05, 0.1) is 18.8 Å². The zero-order valence-corrected chi connectivity index (χ0v) is 11.9. The number of carboxylic acid groups (broad SMARTS) is 1. The van der Waals surface area contributed by atoms with E-state index < -0.39 is 6.09 Å². The third kappa shape index (κ3) is 3.37. The van der Waals surface area contributed by atoms with Crippen LogP contribution in [0.5, 0.6) is 0 Å². The lowest BCUT2D eigenvalue weighted by molar-refractivity contribution is -0.171. The van der Waals surface area contributed by atoms with Gasteiger partial charge < -0.3 is 10.0 Å². The fourth-order valence-electron chi connectivity index (χ4n) is 1.84. The molecule has 18 heavy (non-hydrogen) atoms. The number of likely N-dealkylation sites (tertiary alicyclic amines) is 1. The molecule has 0 unspecified atom stereocenters. The number of aliphatic imine (C=N–C) groups is 1. The van der Waals surface area contributed by atoms with Crippen LogP contribution in [0, 0.1) is 0 Å². The van der Waals surface area contributed by atoms with Crippen molar-refractivity contribution in [3.8, 4) is 0 Å². The first-order valence-corrected chi connectivity index (χ1v) is 6.73. The number of piperidine rings is 1. The predicted octanol–water partition coefficient (Wildman–Crippen LogP) is 2.21. The molecule has 1 amide bonds. The largest absolute Gasteiger partial charge is 0.465 e. The van der Waals surface area contributed by atoms with Crippen molar-refractivity contribution in [3.63, 3.8) is 0 Å². The first-order chi connectivity index (χ1) is 8.56. The summed E-state index contributed by atoms with van der Waals surface area (Å²) < 4.78 is 0.745. The molecule has 0 aromatic carbocycles. The summed E-state index contributed by atoms with van der Waals surface area (Å²) in [7, 11) is 0. The Labute approximate surface area is 118 Å². The molecule has 0 atom stereocenters. The van der Waals surface area contributed by atoms with Gasteiger partial charge in [-0.1, -0.05) is 11.6 Å². The van der Waals surface area contributed by atoms with E-state index in [0.29, 0.717) is 37.6 Å². The molecule has 1 N–H and O–H groups in total. The number of nitrogens with zero attached hydrogens (tertiary/aromatic N) is 3. The Balaban J connectivity index is 1.84. The molecule has 0 aliphatic carbocycles. The van der Waals surface area contributed by atoms with E-state index in [0.717, 1.165) is 4.62 Å². The Morgan fingerprint density at radius 1 is 1.56 bits per heavy atom. The van der Waals surface area contributed by atoms with Crippen LogP contribution in [0.3, 0.4) is 0 Å². The van der Waals surface area contributed by atoms with Crippen molar-refractivity contribution in [1.82, 2.24) is 9.96 Å². The average Bonchev–Trinajstić information content (AvgIpc) is 2.34. The maximum Gasteiger partial charge on any atom is 0.407 e. The molecule has 2 aliphatic heterocycles. The SMILES string of the molecule is O=C(O)N1CCC(ON2CC(Br)=NC=C2Cl)CC1. The molecule has 0 bridgehead atoms. The predicted molar refractivity (Wildman–Crippen MR) is 70.7 cm³/mol. The zero-order chi connectivity index (χ0) is 13.1. The van der Waals surface area contributed by atoms with Gasteiger partial charge in [0.1, 0.15) is 9.78 Å². The summed E-state index contributed by atoms with van der Waals surface area (Å²) in [5, 5.41) is 10.8. The topological polar surface area (TPSA) is 65.4 Å². The highest BCUT2D eigenvalue weighted by Crippen LogP contribution is 2.22. The first kappa shape index (κ1) is 13.6. The number of halogens is 2. The molecule has 100 valence electrons. The number of hydrogen-bond donors (Lipinski definition) is 1. The first-order valence-electron chi connectivity index (χ1n) is 5.56. The lowest BCUT2D eigenvalue weighted by atomic mass is 10.1. The maximum atomic E-state index is 10.8. The van der Waals surface area contributed by atoms with E-state index in [1.807, 2.05) is 0 Å². The molecule has 0 spiro atoms. The monoisotopic (exact) mass is 337 g/mol. The molecule has 8 heteroatoms. The second kappa shape index (κ2) is 5.90. The van der Waals surface area contributed by atoms with Crippen molar-refractivity contribution < 1.29 is 14.7 Å². The quantitative estimate of drug-likeness (QED) is 0.784. The number of hydrogen-bond acceptors (Lipinski definition) is 4. The lowest BCUT2D eigenvalue weighted by Crippen LogP contribution is -2.42. The van der Waals surface area contributed by atoms with E-state index in [1.165, 1.54) is 11.1 Å². The van der Waals surface area contributed by atoms with Gasteiger partial charge in [-0.25, -0.2) is 14.9 Å². The molecular weight excluding hydrogens is 325 g/mol. The van der Waals surface area contributed by atoms with Crippen molar-refractivity contribution in [2.75, 3.05) is 19.6 Å². The highest BCUT2D eigenvalue weighted by Gasteiger charge is 2.26. The van der Waals surface area contributed by atoms with Crippen LogP contribution >= 0.6 is 27.5 Å². The Kier molecular flexibility index (Phi) is 4.47. The fraction of sp³-hybridized carbons (Fsp3) is 0.600. The lowest BCUT2D eigenvalue weighted by Gasteiger charge is -2.34. The molecular formula is C10H13BrClN3O3. The van der Waals surface area contributed by atoms with Crippen LogP contribution in [0.2, 0.25) is 0 Å². The third-order valence-corrected chi connectivity index (χ3v) is 3.55. The number of rotatable bonds is 2. The summed E-state index contributed by atoms with van der Waals surface area (Å²) in [5.41, 5.74) is 0. The smallest absolute Gasteiger partial charge is 0.407 e. The molecule has 2 rings (SSSR count). The van der Waals surface area contributed by atoms with Gasteiger partial charge in [-0.05, 0) is 28.8 Å². The van der Waals surface area contributed by atoms with Gasteiger partial charge in [0.2, 0.25) is 0 Å². The van der Waals surface area contributed by atoms with Gasteiger partial charge in [-0.3, -0.25) is 4.84 Å². The zero-order valence-electron chi connectivity index (χ0n) is 9.55. The molecule has 1 saturated heterocycles. The fourth-order valence-corrected chi connectivity index (χ4v) is 2.32. The summed E-state index contributed by atoms with van der Waals surface area (Å²) in [5.74, 6) is 0. The van der Waals surface area contributed by atoms with Crippen molar-refractivity contribution in [2.45, 2.75) is 18.9 Å². The van der Waals surface area contributed by atoms with E-state index in [9.17, 15) is 4.79 Å². The van der Waals surface area contributed by atoms with Crippen molar-refractivity contribution in [2.24, 2.45) is 4.99 Å². The van der Waals surface area contributed by atoms with Crippen molar-refractivity contribution in [1.29, 1.82) is 0 Å².